The number of aryl methyl sites for hydroxylation is 1. The number of aliphatic hydroxyl groups excluding tert-OH is 1. The van der Waals surface area contributed by atoms with Crippen molar-refractivity contribution in [3.05, 3.63) is 40.0 Å². The first-order valence-corrected chi connectivity index (χ1v) is 6.20. The molecule has 1 unspecified atom stereocenters. The highest BCUT2D eigenvalue weighted by atomic mass is 32.1. The maximum Gasteiger partial charge on any atom is 0.216 e. The molecule has 0 aliphatic rings. The Kier molecular flexibility index (Phi) is 3.71. The molecular weight excluding hydrogens is 236 g/mol. The summed E-state index contributed by atoms with van der Waals surface area (Å²) in [6.07, 6.45) is 1.39. The average molecular weight is 250 g/mol. The lowest BCUT2D eigenvalue weighted by atomic mass is 10.0. The minimum absolute atomic E-state index is 0.469. The number of aromatic nitrogens is 2. The molecule has 0 bridgehead atoms. The van der Waals surface area contributed by atoms with Gasteiger partial charge in [0.25, 0.3) is 0 Å². The van der Waals surface area contributed by atoms with E-state index in [-0.39, 0.29) is 0 Å². The van der Waals surface area contributed by atoms with Crippen molar-refractivity contribution in [2.45, 2.75) is 19.4 Å². The number of hydrogen-bond acceptors (Lipinski definition) is 5. The molecule has 0 fully saturated rings. The number of nitrogens with zero attached hydrogens (tertiary/aromatic N) is 2. The standard InChI is InChI=1S/C12H14N2O2S/c1-8-5-17-6-10(8)11(15)3-9-4-12(16-2)14-7-13-9/h4-7,11,15H,3H2,1-2H3. The van der Waals surface area contributed by atoms with Crippen LogP contribution >= 0.6 is 11.3 Å². The highest BCUT2D eigenvalue weighted by molar-refractivity contribution is 7.08. The Morgan fingerprint density at radius 3 is 2.88 bits per heavy atom. The third kappa shape index (κ3) is 2.81. The minimum atomic E-state index is -0.527. The second-order valence-corrected chi connectivity index (χ2v) is 4.53. The zero-order chi connectivity index (χ0) is 12.3. The smallest absolute Gasteiger partial charge is 0.216 e. The number of ether oxygens (including phenoxy) is 1. The van der Waals surface area contributed by atoms with Crippen LogP contribution in [0.3, 0.4) is 0 Å². The van der Waals surface area contributed by atoms with E-state index in [0.29, 0.717) is 12.3 Å². The van der Waals surface area contributed by atoms with Crippen molar-refractivity contribution in [1.82, 2.24) is 9.97 Å². The third-order valence-electron chi connectivity index (χ3n) is 2.56. The van der Waals surface area contributed by atoms with Crippen molar-refractivity contribution in [1.29, 1.82) is 0 Å². The molecule has 2 aromatic heterocycles. The molecule has 1 N–H and O–H groups in total. The molecule has 1 atom stereocenters. The quantitative estimate of drug-likeness (QED) is 0.903. The zero-order valence-corrected chi connectivity index (χ0v) is 10.6. The maximum absolute atomic E-state index is 10.1. The number of thiophene rings is 1. The lowest BCUT2D eigenvalue weighted by Gasteiger charge is -2.10. The van der Waals surface area contributed by atoms with Gasteiger partial charge in [0, 0.05) is 12.5 Å². The minimum Gasteiger partial charge on any atom is -0.481 e. The first-order valence-electron chi connectivity index (χ1n) is 5.26. The van der Waals surface area contributed by atoms with E-state index < -0.39 is 6.10 Å². The van der Waals surface area contributed by atoms with Gasteiger partial charge < -0.3 is 9.84 Å². The highest BCUT2D eigenvalue weighted by Gasteiger charge is 2.13. The molecule has 5 heteroatoms. The van der Waals surface area contributed by atoms with Crippen molar-refractivity contribution in [3.63, 3.8) is 0 Å². The van der Waals surface area contributed by atoms with Crippen molar-refractivity contribution >= 4 is 11.3 Å². The molecule has 17 heavy (non-hydrogen) atoms. The lowest BCUT2D eigenvalue weighted by Crippen LogP contribution is -2.04. The summed E-state index contributed by atoms with van der Waals surface area (Å²) in [4.78, 5) is 8.05. The van der Waals surface area contributed by atoms with Gasteiger partial charge in [0.1, 0.15) is 6.33 Å². The van der Waals surface area contributed by atoms with Gasteiger partial charge in [0.05, 0.1) is 18.9 Å². The van der Waals surface area contributed by atoms with Crippen LogP contribution in [0.5, 0.6) is 5.88 Å². The van der Waals surface area contributed by atoms with Crippen LogP contribution in [0.1, 0.15) is 22.9 Å². The summed E-state index contributed by atoms with van der Waals surface area (Å²) >= 11 is 1.60. The molecule has 2 heterocycles. The van der Waals surface area contributed by atoms with Crippen LogP contribution in [0.2, 0.25) is 0 Å². The molecule has 0 spiro atoms. The van der Waals surface area contributed by atoms with E-state index in [1.165, 1.54) is 6.33 Å². The summed E-state index contributed by atoms with van der Waals surface area (Å²) in [5, 5.41) is 14.1. The summed E-state index contributed by atoms with van der Waals surface area (Å²) in [6, 6.07) is 1.74. The maximum atomic E-state index is 10.1. The van der Waals surface area contributed by atoms with Gasteiger partial charge in [-0.15, -0.1) is 0 Å². The Labute approximate surface area is 104 Å². The molecule has 0 radical (unpaired) electrons. The lowest BCUT2D eigenvalue weighted by molar-refractivity contribution is 0.177. The zero-order valence-electron chi connectivity index (χ0n) is 9.75. The summed E-state index contributed by atoms with van der Waals surface area (Å²) in [5.41, 5.74) is 2.85. The van der Waals surface area contributed by atoms with Crippen LogP contribution in [-0.2, 0) is 6.42 Å². The summed E-state index contributed by atoms with van der Waals surface area (Å²) in [5.74, 6) is 0.518. The first kappa shape index (κ1) is 12.0. The van der Waals surface area contributed by atoms with Crippen molar-refractivity contribution in [2.75, 3.05) is 7.11 Å². The topological polar surface area (TPSA) is 55.2 Å². The summed E-state index contributed by atoms with van der Waals surface area (Å²) < 4.78 is 5.02. The largest absolute Gasteiger partial charge is 0.481 e. The Morgan fingerprint density at radius 1 is 1.41 bits per heavy atom. The fraction of sp³-hybridized carbons (Fsp3) is 0.333. The van der Waals surface area contributed by atoms with E-state index in [2.05, 4.69) is 9.97 Å². The fourth-order valence-electron chi connectivity index (χ4n) is 1.62. The Balaban J connectivity index is 2.13. The van der Waals surface area contributed by atoms with Crippen LogP contribution in [0.4, 0.5) is 0 Å². The van der Waals surface area contributed by atoms with Crippen molar-refractivity contribution in [2.24, 2.45) is 0 Å². The molecule has 0 aliphatic carbocycles. The van der Waals surface area contributed by atoms with Crippen LogP contribution in [0.25, 0.3) is 0 Å². The molecule has 4 nitrogen and oxygen atoms in total. The van der Waals surface area contributed by atoms with Crippen LogP contribution in [0.15, 0.2) is 23.2 Å². The van der Waals surface area contributed by atoms with E-state index in [0.717, 1.165) is 16.8 Å². The normalized spacial score (nSPS) is 12.4. The van der Waals surface area contributed by atoms with Crippen LogP contribution in [-0.4, -0.2) is 22.2 Å². The van der Waals surface area contributed by atoms with Crippen LogP contribution in [0, 0.1) is 6.92 Å². The molecule has 90 valence electrons. The van der Waals surface area contributed by atoms with Gasteiger partial charge in [-0.05, 0) is 28.8 Å². The Bertz CT molecular complexity index is 499. The fourth-order valence-corrected chi connectivity index (χ4v) is 2.52. The molecule has 0 aliphatic heterocycles. The van der Waals surface area contributed by atoms with Gasteiger partial charge in [-0.25, -0.2) is 9.97 Å². The van der Waals surface area contributed by atoms with E-state index in [1.807, 2.05) is 17.7 Å². The Morgan fingerprint density at radius 2 is 2.24 bits per heavy atom. The molecule has 2 rings (SSSR count). The van der Waals surface area contributed by atoms with Gasteiger partial charge >= 0.3 is 0 Å². The molecule has 0 saturated heterocycles. The van der Waals surface area contributed by atoms with E-state index in [1.54, 1.807) is 24.5 Å². The Hall–Kier alpha value is -1.46. The SMILES string of the molecule is COc1cc(CC(O)c2cscc2C)ncn1. The predicted octanol–water partition coefficient (Wildman–Crippen LogP) is 2.13. The molecular formula is C12H14N2O2S. The first-order chi connectivity index (χ1) is 8.20. The number of aliphatic hydroxyl groups is 1. The van der Waals surface area contributed by atoms with Crippen molar-refractivity contribution in [3.8, 4) is 5.88 Å². The number of rotatable bonds is 4. The molecule has 0 saturated carbocycles. The van der Waals surface area contributed by atoms with Gasteiger partial charge in [0.2, 0.25) is 5.88 Å². The monoisotopic (exact) mass is 250 g/mol. The van der Waals surface area contributed by atoms with Crippen molar-refractivity contribution < 1.29 is 9.84 Å². The highest BCUT2D eigenvalue weighted by Crippen LogP contribution is 2.24. The molecule has 0 amide bonds. The number of methoxy groups -OCH3 is 1. The molecule has 0 aromatic carbocycles. The van der Waals surface area contributed by atoms with E-state index in [4.69, 9.17) is 4.74 Å². The van der Waals surface area contributed by atoms with Gasteiger partial charge in [-0.1, -0.05) is 0 Å². The van der Waals surface area contributed by atoms with E-state index in [9.17, 15) is 5.11 Å². The summed E-state index contributed by atoms with van der Waals surface area (Å²) in [6.45, 7) is 2.00. The second kappa shape index (κ2) is 5.25. The van der Waals surface area contributed by atoms with E-state index >= 15 is 0 Å². The van der Waals surface area contributed by atoms with Gasteiger partial charge in [0.15, 0.2) is 0 Å². The van der Waals surface area contributed by atoms with Crippen LogP contribution < -0.4 is 4.74 Å². The number of hydrogen-bond donors (Lipinski definition) is 1. The second-order valence-electron chi connectivity index (χ2n) is 3.78. The predicted molar refractivity (Wildman–Crippen MR) is 66.3 cm³/mol. The van der Waals surface area contributed by atoms with Gasteiger partial charge in [-0.3, -0.25) is 0 Å². The van der Waals surface area contributed by atoms with Gasteiger partial charge in [-0.2, -0.15) is 11.3 Å². The summed E-state index contributed by atoms with van der Waals surface area (Å²) in [7, 11) is 1.56. The average Bonchev–Trinajstić information content (AvgIpc) is 2.76. The third-order valence-corrected chi connectivity index (χ3v) is 3.44. The molecule has 2 aromatic rings.